The van der Waals surface area contributed by atoms with Crippen LogP contribution in [0.5, 0.6) is 0 Å². The van der Waals surface area contributed by atoms with Gasteiger partial charge >= 0.3 is 5.69 Å². The van der Waals surface area contributed by atoms with Crippen molar-refractivity contribution >= 4 is 22.7 Å². The van der Waals surface area contributed by atoms with Crippen LogP contribution < -0.4 is 11.0 Å². The van der Waals surface area contributed by atoms with E-state index in [1.54, 1.807) is 24.9 Å². The van der Waals surface area contributed by atoms with Crippen molar-refractivity contribution in [1.29, 1.82) is 0 Å². The maximum Gasteiger partial charge on any atom is 0.347 e. The second-order valence-electron chi connectivity index (χ2n) is 8.11. The summed E-state index contributed by atoms with van der Waals surface area (Å²) in [6.45, 7) is 5.04. The van der Waals surface area contributed by atoms with Crippen LogP contribution in [0.15, 0.2) is 41.2 Å². The highest BCUT2D eigenvalue weighted by Crippen LogP contribution is 2.26. The summed E-state index contributed by atoms with van der Waals surface area (Å²) in [6.07, 6.45) is -0.256. The first-order valence-electron chi connectivity index (χ1n) is 10.9. The number of rotatable bonds is 5. The largest absolute Gasteiger partial charge is 0.368 e. The zero-order valence-corrected chi connectivity index (χ0v) is 19.0. The molecule has 1 aliphatic heterocycles. The minimum absolute atomic E-state index is 0.0671. The number of carbonyl (C=O) groups is 2. The van der Waals surface area contributed by atoms with Crippen LogP contribution in [-0.4, -0.2) is 58.0 Å². The molecule has 9 nitrogen and oxygen atoms in total. The van der Waals surface area contributed by atoms with Crippen molar-refractivity contribution in [1.82, 2.24) is 24.8 Å². The number of pyridine rings is 1. The zero-order chi connectivity index (χ0) is 23.5. The molecule has 33 heavy (non-hydrogen) atoms. The molecular weight excluding hydrogens is 422 g/mol. The summed E-state index contributed by atoms with van der Waals surface area (Å²) < 4.78 is 7.44. The molecule has 172 valence electrons. The van der Waals surface area contributed by atoms with E-state index in [9.17, 15) is 14.4 Å². The number of amides is 2. The van der Waals surface area contributed by atoms with Gasteiger partial charge < -0.3 is 15.0 Å². The van der Waals surface area contributed by atoms with E-state index in [1.165, 1.54) is 4.57 Å². The summed E-state index contributed by atoms with van der Waals surface area (Å²) in [7, 11) is 1.59. The lowest BCUT2D eigenvalue weighted by Gasteiger charge is -2.33. The van der Waals surface area contributed by atoms with E-state index in [0.717, 1.165) is 11.1 Å². The molecule has 0 bridgehead atoms. The van der Waals surface area contributed by atoms with Gasteiger partial charge in [-0.2, -0.15) is 4.98 Å². The van der Waals surface area contributed by atoms with Gasteiger partial charge in [-0.25, -0.2) is 9.78 Å². The van der Waals surface area contributed by atoms with Crippen LogP contribution in [0.1, 0.15) is 40.0 Å². The molecule has 1 N–H and O–H groups in total. The quantitative estimate of drug-likeness (QED) is 0.636. The molecule has 1 aromatic carbocycles. The van der Waals surface area contributed by atoms with Crippen LogP contribution in [0.3, 0.4) is 0 Å². The van der Waals surface area contributed by atoms with E-state index in [4.69, 9.17) is 9.72 Å². The summed E-state index contributed by atoms with van der Waals surface area (Å²) >= 11 is 0. The number of morpholine rings is 1. The molecule has 0 aliphatic carbocycles. The minimum Gasteiger partial charge on any atom is -0.368 e. The molecule has 2 aromatic heterocycles. The standard InChI is InChI=1S/C24H27N5O4/c1-15-12-16(2)29(24(32)26-15)9-8-22(30)28-10-11-33-21(14-28)20-13-18(23(31)25-3)17-6-4-5-7-19(17)27-20/h4-7,12-13,21H,8-11,14H2,1-3H3,(H,25,31)/t21-/m1/s1. The fraction of sp³-hybridized carbons (Fsp3) is 0.375. The molecule has 0 unspecified atom stereocenters. The van der Waals surface area contributed by atoms with Crippen molar-refractivity contribution in [2.75, 3.05) is 26.7 Å². The summed E-state index contributed by atoms with van der Waals surface area (Å²) in [5.74, 6) is -0.270. The van der Waals surface area contributed by atoms with E-state index < -0.39 is 6.10 Å². The third-order valence-electron chi connectivity index (χ3n) is 5.85. The second kappa shape index (κ2) is 9.50. The number of nitrogens with zero attached hydrogens (tertiary/aromatic N) is 4. The van der Waals surface area contributed by atoms with E-state index >= 15 is 0 Å². The van der Waals surface area contributed by atoms with Crippen molar-refractivity contribution in [2.24, 2.45) is 0 Å². The average Bonchev–Trinajstić information content (AvgIpc) is 2.82. The first-order valence-corrected chi connectivity index (χ1v) is 10.9. The van der Waals surface area contributed by atoms with Gasteiger partial charge in [-0.3, -0.25) is 14.2 Å². The topological polar surface area (TPSA) is 106 Å². The Morgan fingerprint density at radius 2 is 1.97 bits per heavy atom. The molecule has 1 saturated heterocycles. The monoisotopic (exact) mass is 449 g/mol. The van der Waals surface area contributed by atoms with E-state index in [-0.39, 0.29) is 30.5 Å². The Balaban J connectivity index is 1.52. The van der Waals surface area contributed by atoms with Crippen LogP contribution in [0.4, 0.5) is 0 Å². The van der Waals surface area contributed by atoms with Crippen LogP contribution in [0.25, 0.3) is 10.9 Å². The highest BCUT2D eigenvalue weighted by molar-refractivity contribution is 6.06. The second-order valence-corrected chi connectivity index (χ2v) is 8.11. The third-order valence-corrected chi connectivity index (χ3v) is 5.85. The zero-order valence-electron chi connectivity index (χ0n) is 19.0. The molecule has 2 amide bonds. The van der Waals surface area contributed by atoms with Crippen molar-refractivity contribution in [2.45, 2.75) is 32.9 Å². The number of hydrogen-bond donors (Lipinski definition) is 1. The number of carbonyl (C=O) groups excluding carboxylic acids is 2. The molecule has 1 aliphatic rings. The highest BCUT2D eigenvalue weighted by Gasteiger charge is 2.27. The van der Waals surface area contributed by atoms with E-state index in [1.807, 2.05) is 37.3 Å². The third kappa shape index (κ3) is 4.78. The Labute approximate surface area is 191 Å². The van der Waals surface area contributed by atoms with Gasteiger partial charge in [-0.05, 0) is 32.0 Å². The molecule has 0 radical (unpaired) electrons. The number of benzene rings is 1. The molecule has 9 heteroatoms. The van der Waals surface area contributed by atoms with Crippen molar-refractivity contribution < 1.29 is 14.3 Å². The Morgan fingerprint density at radius 3 is 2.73 bits per heavy atom. The normalized spacial score (nSPS) is 16.1. The van der Waals surface area contributed by atoms with Gasteiger partial charge in [0.25, 0.3) is 5.91 Å². The number of aryl methyl sites for hydroxylation is 2. The van der Waals surface area contributed by atoms with Gasteiger partial charge in [-0.15, -0.1) is 0 Å². The molecule has 0 spiro atoms. The lowest BCUT2D eigenvalue weighted by atomic mass is 10.0. The van der Waals surface area contributed by atoms with Gasteiger partial charge in [-0.1, -0.05) is 18.2 Å². The summed E-state index contributed by atoms with van der Waals surface area (Å²) in [6, 6.07) is 11.0. The lowest BCUT2D eigenvalue weighted by molar-refractivity contribution is -0.139. The number of nitrogens with one attached hydrogen (secondary N) is 1. The van der Waals surface area contributed by atoms with Crippen LogP contribution in [-0.2, 0) is 16.1 Å². The fourth-order valence-corrected chi connectivity index (χ4v) is 4.15. The SMILES string of the molecule is CNC(=O)c1cc([C@H]2CN(C(=O)CCn3c(C)cc(C)nc3=O)CCO2)nc2ccccc12. The fourth-order valence-electron chi connectivity index (χ4n) is 4.15. The number of fused-ring (bicyclic) bond motifs is 1. The molecule has 0 saturated carbocycles. The minimum atomic E-state index is -0.443. The molecule has 3 heterocycles. The molecule has 1 atom stereocenters. The summed E-state index contributed by atoms with van der Waals surface area (Å²) in [4.78, 5) is 47.9. The Kier molecular flexibility index (Phi) is 6.50. The Hall–Kier alpha value is -3.59. The van der Waals surface area contributed by atoms with Crippen LogP contribution in [0.2, 0.25) is 0 Å². The number of ether oxygens (including phenoxy) is 1. The van der Waals surface area contributed by atoms with Crippen LogP contribution in [0, 0.1) is 13.8 Å². The predicted molar refractivity (Wildman–Crippen MR) is 123 cm³/mol. The van der Waals surface area contributed by atoms with Crippen molar-refractivity contribution in [3.05, 3.63) is 69.5 Å². The first kappa shape index (κ1) is 22.6. The molecule has 1 fully saturated rings. The number of aromatic nitrogens is 3. The van der Waals surface area contributed by atoms with E-state index in [2.05, 4.69) is 10.3 Å². The molecule has 4 rings (SSSR count). The highest BCUT2D eigenvalue weighted by atomic mass is 16.5. The summed E-state index contributed by atoms with van der Waals surface area (Å²) in [5, 5.41) is 3.43. The Morgan fingerprint density at radius 1 is 1.18 bits per heavy atom. The van der Waals surface area contributed by atoms with E-state index in [0.29, 0.717) is 42.2 Å². The van der Waals surface area contributed by atoms with Crippen LogP contribution >= 0.6 is 0 Å². The Bertz CT molecular complexity index is 1270. The lowest BCUT2D eigenvalue weighted by Crippen LogP contribution is -2.43. The molecule has 3 aromatic rings. The maximum atomic E-state index is 12.9. The maximum absolute atomic E-state index is 12.9. The number of hydrogen-bond acceptors (Lipinski definition) is 6. The first-order chi connectivity index (χ1) is 15.9. The number of para-hydroxylation sites is 1. The molecular formula is C24H27N5O4. The van der Waals surface area contributed by atoms with Gasteiger partial charge in [0.15, 0.2) is 0 Å². The van der Waals surface area contributed by atoms with Gasteiger partial charge in [0, 0.05) is 43.3 Å². The predicted octanol–water partition coefficient (Wildman–Crippen LogP) is 1.76. The van der Waals surface area contributed by atoms with Crippen molar-refractivity contribution in [3.8, 4) is 0 Å². The van der Waals surface area contributed by atoms with Crippen molar-refractivity contribution in [3.63, 3.8) is 0 Å². The summed E-state index contributed by atoms with van der Waals surface area (Å²) in [5.41, 5.74) is 2.92. The van der Waals surface area contributed by atoms with Gasteiger partial charge in [0.05, 0.1) is 29.9 Å². The van der Waals surface area contributed by atoms with Gasteiger partial charge in [0.2, 0.25) is 5.91 Å². The smallest absolute Gasteiger partial charge is 0.347 e. The van der Waals surface area contributed by atoms with Gasteiger partial charge in [0.1, 0.15) is 6.10 Å². The average molecular weight is 450 g/mol.